The summed E-state index contributed by atoms with van der Waals surface area (Å²) >= 11 is 5.21. The minimum Gasteiger partial charge on any atom is -0.353 e. The van der Waals surface area contributed by atoms with Crippen LogP contribution < -0.4 is 15.5 Å². The highest BCUT2D eigenvalue weighted by Gasteiger charge is 2.34. The molecule has 120 valence electrons. The molecule has 2 aromatic rings. The predicted molar refractivity (Wildman–Crippen MR) is 96.1 cm³/mol. The molecule has 0 radical (unpaired) electrons. The third-order valence-electron chi connectivity index (χ3n) is 4.71. The molecular weight excluding hydrogens is 374 g/mol. The Hall–Kier alpha value is -1.37. The Kier molecular flexibility index (Phi) is 3.91. The van der Waals surface area contributed by atoms with Crippen molar-refractivity contribution in [3.63, 3.8) is 0 Å². The van der Waals surface area contributed by atoms with Gasteiger partial charge in [-0.3, -0.25) is 4.79 Å². The first-order chi connectivity index (χ1) is 11.2. The third kappa shape index (κ3) is 2.69. The summed E-state index contributed by atoms with van der Waals surface area (Å²) in [5.41, 5.74) is 3.22. The normalized spacial score (nSPS) is 22.8. The maximum absolute atomic E-state index is 12.7. The number of benzene rings is 1. The zero-order chi connectivity index (χ0) is 16.0. The first-order valence-electron chi connectivity index (χ1n) is 7.96. The molecule has 23 heavy (non-hydrogen) atoms. The van der Waals surface area contributed by atoms with E-state index in [-0.39, 0.29) is 12.1 Å². The number of likely N-dealkylation sites (N-methyl/N-ethyl adjacent to an activating group) is 1. The lowest BCUT2D eigenvalue weighted by Gasteiger charge is -2.27. The number of carbonyl (C=O) groups is 1. The summed E-state index contributed by atoms with van der Waals surface area (Å²) in [5.74, 6) is 0.0594. The molecule has 4 rings (SSSR count). The Morgan fingerprint density at radius 3 is 2.83 bits per heavy atom. The van der Waals surface area contributed by atoms with Crippen LogP contribution in [0.5, 0.6) is 0 Å². The van der Waals surface area contributed by atoms with Gasteiger partial charge in [0.05, 0.1) is 23.5 Å². The van der Waals surface area contributed by atoms with Gasteiger partial charge in [0, 0.05) is 10.9 Å². The predicted octanol–water partition coefficient (Wildman–Crippen LogP) is 2.33. The zero-order valence-electron chi connectivity index (χ0n) is 12.9. The molecule has 1 unspecified atom stereocenters. The number of halogens is 1. The van der Waals surface area contributed by atoms with Crippen LogP contribution in [0, 0.1) is 0 Å². The van der Waals surface area contributed by atoms with Crippen molar-refractivity contribution in [2.75, 3.05) is 18.4 Å². The lowest BCUT2D eigenvalue weighted by Crippen LogP contribution is -3.11. The molecule has 0 aliphatic carbocycles. The van der Waals surface area contributed by atoms with Crippen LogP contribution in [-0.2, 0) is 13.0 Å². The first kappa shape index (κ1) is 15.2. The number of nitrogens with one attached hydrogen (secondary N) is 3. The summed E-state index contributed by atoms with van der Waals surface area (Å²) in [6, 6.07) is 8.06. The van der Waals surface area contributed by atoms with E-state index in [2.05, 4.69) is 33.5 Å². The molecule has 0 fully saturated rings. The molecule has 1 aromatic heterocycles. The van der Waals surface area contributed by atoms with Gasteiger partial charge in [0.25, 0.3) is 5.91 Å². The van der Waals surface area contributed by atoms with Crippen molar-refractivity contribution in [1.29, 1.82) is 0 Å². The van der Waals surface area contributed by atoms with Gasteiger partial charge < -0.3 is 15.5 Å². The number of hydrogen-bond acceptors (Lipinski definition) is 3. The van der Waals surface area contributed by atoms with Gasteiger partial charge in [0.15, 0.2) is 0 Å². The Balaban J connectivity index is 1.66. The average molecular weight is 393 g/mol. The summed E-state index contributed by atoms with van der Waals surface area (Å²) in [6.07, 6.45) is 0.848. The van der Waals surface area contributed by atoms with Gasteiger partial charge in [-0.2, -0.15) is 0 Å². The number of anilines is 1. The molecular formula is C17H19BrN3OS+. The van der Waals surface area contributed by atoms with E-state index in [0.29, 0.717) is 0 Å². The van der Waals surface area contributed by atoms with Crippen molar-refractivity contribution in [3.8, 4) is 0 Å². The number of fused-ring (bicyclic) bond motifs is 3. The molecule has 2 atom stereocenters. The highest BCUT2D eigenvalue weighted by Crippen LogP contribution is 2.39. The van der Waals surface area contributed by atoms with Gasteiger partial charge in [-0.1, -0.05) is 28.1 Å². The fourth-order valence-electron chi connectivity index (χ4n) is 3.37. The van der Waals surface area contributed by atoms with E-state index >= 15 is 0 Å². The Morgan fingerprint density at radius 1 is 1.30 bits per heavy atom. The van der Waals surface area contributed by atoms with E-state index in [9.17, 15) is 4.79 Å². The highest BCUT2D eigenvalue weighted by atomic mass is 79.9. The molecule has 1 aromatic carbocycles. The van der Waals surface area contributed by atoms with Crippen LogP contribution in [0.2, 0.25) is 0 Å². The Morgan fingerprint density at radius 2 is 2.09 bits per heavy atom. The van der Waals surface area contributed by atoms with Crippen LogP contribution >= 0.6 is 27.3 Å². The van der Waals surface area contributed by atoms with Crippen LogP contribution in [-0.4, -0.2) is 19.0 Å². The average Bonchev–Trinajstić information content (AvgIpc) is 2.93. The van der Waals surface area contributed by atoms with Gasteiger partial charge in [0.2, 0.25) is 0 Å². The van der Waals surface area contributed by atoms with Crippen molar-refractivity contribution in [2.45, 2.75) is 26.1 Å². The fourth-order valence-corrected chi connectivity index (χ4v) is 4.98. The number of carbonyl (C=O) groups excluding carboxylic acids is 1. The van der Waals surface area contributed by atoms with Crippen LogP contribution in [0.1, 0.15) is 39.5 Å². The molecule has 2 aliphatic rings. The van der Waals surface area contributed by atoms with E-state index < -0.39 is 0 Å². The number of amides is 1. The molecule has 0 saturated heterocycles. The SMILES string of the molecule is CC[NH+]1CCc2c(sc3c2C(=O)N[C@@H](c2ccc(Br)cc2)N3)C1. The van der Waals surface area contributed by atoms with Gasteiger partial charge in [-0.15, -0.1) is 11.3 Å². The van der Waals surface area contributed by atoms with E-state index in [1.54, 1.807) is 16.2 Å². The van der Waals surface area contributed by atoms with Crippen LogP contribution in [0.3, 0.4) is 0 Å². The van der Waals surface area contributed by atoms with Crippen LogP contribution in [0.25, 0.3) is 0 Å². The molecule has 4 nitrogen and oxygen atoms in total. The molecule has 2 aliphatic heterocycles. The van der Waals surface area contributed by atoms with Crippen molar-refractivity contribution in [2.24, 2.45) is 0 Å². The van der Waals surface area contributed by atoms with Gasteiger partial charge in [-0.25, -0.2) is 0 Å². The molecule has 0 spiro atoms. The van der Waals surface area contributed by atoms with Crippen molar-refractivity contribution in [1.82, 2.24) is 5.32 Å². The van der Waals surface area contributed by atoms with Crippen LogP contribution in [0.4, 0.5) is 5.00 Å². The van der Waals surface area contributed by atoms with E-state index in [0.717, 1.165) is 46.7 Å². The summed E-state index contributed by atoms with van der Waals surface area (Å²) < 4.78 is 1.04. The zero-order valence-corrected chi connectivity index (χ0v) is 15.3. The van der Waals surface area contributed by atoms with E-state index in [1.165, 1.54) is 10.4 Å². The van der Waals surface area contributed by atoms with Crippen molar-refractivity contribution >= 4 is 38.2 Å². The topological polar surface area (TPSA) is 45.6 Å². The number of rotatable bonds is 2. The molecule has 3 N–H and O–H groups in total. The second kappa shape index (κ2) is 5.92. The van der Waals surface area contributed by atoms with E-state index in [1.807, 2.05) is 24.3 Å². The van der Waals surface area contributed by atoms with Crippen molar-refractivity contribution in [3.05, 3.63) is 50.3 Å². The monoisotopic (exact) mass is 392 g/mol. The summed E-state index contributed by atoms with van der Waals surface area (Å²) in [6.45, 7) is 5.53. The lowest BCUT2D eigenvalue weighted by atomic mass is 10.0. The first-order valence-corrected chi connectivity index (χ1v) is 9.57. The third-order valence-corrected chi connectivity index (χ3v) is 6.40. The quantitative estimate of drug-likeness (QED) is 0.734. The summed E-state index contributed by atoms with van der Waals surface area (Å²) in [4.78, 5) is 15.6. The van der Waals surface area contributed by atoms with E-state index in [4.69, 9.17) is 0 Å². The van der Waals surface area contributed by atoms with Gasteiger partial charge >= 0.3 is 0 Å². The number of thiophene rings is 1. The fraction of sp³-hybridized carbons (Fsp3) is 0.353. The standard InChI is InChI=1S/C17H18BrN3OS/c1-2-21-8-7-12-13(9-21)23-17-14(12)16(22)19-15(20-17)10-3-5-11(18)6-4-10/h3-6,15,20H,2,7-9H2,1H3,(H,19,22)/p+1/t15-/m1/s1. The maximum Gasteiger partial charge on any atom is 0.256 e. The minimum absolute atomic E-state index is 0.0594. The highest BCUT2D eigenvalue weighted by molar-refractivity contribution is 9.10. The minimum atomic E-state index is -0.155. The number of quaternary nitrogens is 1. The van der Waals surface area contributed by atoms with Gasteiger partial charge in [-0.05, 0) is 30.2 Å². The maximum atomic E-state index is 12.7. The number of hydrogen-bond donors (Lipinski definition) is 3. The molecule has 3 heterocycles. The second-order valence-electron chi connectivity index (χ2n) is 6.09. The summed E-state index contributed by atoms with van der Waals surface area (Å²) in [7, 11) is 0. The van der Waals surface area contributed by atoms with Crippen molar-refractivity contribution < 1.29 is 9.69 Å². The molecule has 6 heteroatoms. The Bertz CT molecular complexity index is 756. The molecule has 0 saturated carbocycles. The Labute approximate surface area is 148 Å². The smallest absolute Gasteiger partial charge is 0.256 e. The summed E-state index contributed by atoms with van der Waals surface area (Å²) in [5, 5.41) is 7.65. The largest absolute Gasteiger partial charge is 0.353 e. The molecule has 1 amide bonds. The molecule has 0 bridgehead atoms. The lowest BCUT2D eigenvalue weighted by molar-refractivity contribution is -0.913. The van der Waals surface area contributed by atoms with Crippen LogP contribution in [0.15, 0.2) is 28.7 Å². The second-order valence-corrected chi connectivity index (χ2v) is 8.11. The van der Waals surface area contributed by atoms with Gasteiger partial charge in [0.1, 0.15) is 17.7 Å².